The average molecular weight is 277 g/mol. The van der Waals surface area contributed by atoms with Gasteiger partial charge in [-0.3, -0.25) is 0 Å². The van der Waals surface area contributed by atoms with Gasteiger partial charge in [0.15, 0.2) is 0 Å². The highest BCUT2D eigenvalue weighted by molar-refractivity contribution is 5.27. The van der Waals surface area contributed by atoms with Crippen molar-refractivity contribution < 1.29 is 9.47 Å². The van der Waals surface area contributed by atoms with Crippen molar-refractivity contribution in [2.75, 3.05) is 20.2 Å². The van der Waals surface area contributed by atoms with Crippen molar-refractivity contribution in [3.8, 4) is 5.75 Å². The second-order valence-corrected chi connectivity index (χ2v) is 5.66. The van der Waals surface area contributed by atoms with E-state index in [0.717, 1.165) is 18.8 Å². The van der Waals surface area contributed by atoms with E-state index >= 15 is 0 Å². The highest BCUT2D eigenvalue weighted by atomic mass is 16.5. The molecule has 1 saturated carbocycles. The molecule has 1 aromatic rings. The molecule has 3 heteroatoms. The van der Waals surface area contributed by atoms with Crippen LogP contribution in [0.15, 0.2) is 24.3 Å². The summed E-state index contributed by atoms with van der Waals surface area (Å²) in [6.45, 7) is 4.79. The van der Waals surface area contributed by atoms with Crippen LogP contribution in [-0.2, 0) is 11.3 Å². The predicted molar refractivity (Wildman–Crippen MR) is 82.1 cm³/mol. The number of ether oxygens (including phenoxy) is 2. The Balaban J connectivity index is 1.96. The maximum atomic E-state index is 6.34. The Morgan fingerprint density at radius 1 is 1.20 bits per heavy atom. The van der Waals surface area contributed by atoms with Gasteiger partial charge in [0.05, 0.1) is 19.3 Å². The second kappa shape index (κ2) is 7.65. The SMILES string of the molecule is CCNCC1(OCc2cccc(OC)c2)CCCCC1. The highest BCUT2D eigenvalue weighted by Gasteiger charge is 2.32. The molecule has 0 unspecified atom stereocenters. The zero-order valence-electron chi connectivity index (χ0n) is 12.8. The minimum Gasteiger partial charge on any atom is -0.497 e. The first kappa shape index (κ1) is 15.3. The molecule has 0 amide bonds. The van der Waals surface area contributed by atoms with E-state index in [0.29, 0.717) is 6.61 Å². The van der Waals surface area contributed by atoms with E-state index in [2.05, 4.69) is 24.4 Å². The number of hydrogen-bond acceptors (Lipinski definition) is 3. The van der Waals surface area contributed by atoms with Gasteiger partial charge in [0.25, 0.3) is 0 Å². The Hall–Kier alpha value is -1.06. The summed E-state index contributed by atoms with van der Waals surface area (Å²) in [6.07, 6.45) is 6.25. The minimum atomic E-state index is 0.0251. The van der Waals surface area contributed by atoms with Crippen LogP contribution in [-0.4, -0.2) is 25.8 Å². The fourth-order valence-electron chi connectivity index (χ4n) is 2.92. The highest BCUT2D eigenvalue weighted by Crippen LogP contribution is 2.32. The molecule has 0 heterocycles. The lowest BCUT2D eigenvalue weighted by atomic mass is 9.84. The predicted octanol–water partition coefficient (Wildman–Crippen LogP) is 3.52. The second-order valence-electron chi connectivity index (χ2n) is 5.66. The molecule has 0 radical (unpaired) electrons. The van der Waals surface area contributed by atoms with Crippen LogP contribution in [0.25, 0.3) is 0 Å². The van der Waals surface area contributed by atoms with E-state index in [1.165, 1.54) is 37.7 Å². The third-order valence-corrected chi connectivity index (χ3v) is 4.14. The molecule has 1 aliphatic carbocycles. The van der Waals surface area contributed by atoms with Crippen LogP contribution < -0.4 is 10.1 Å². The standard InChI is InChI=1S/C17H27NO2/c1-3-18-14-17(10-5-4-6-11-17)20-13-15-8-7-9-16(12-15)19-2/h7-9,12,18H,3-6,10-11,13-14H2,1-2H3. The van der Waals surface area contributed by atoms with Crippen LogP contribution in [0.1, 0.15) is 44.6 Å². The topological polar surface area (TPSA) is 30.5 Å². The van der Waals surface area contributed by atoms with Gasteiger partial charge < -0.3 is 14.8 Å². The molecule has 112 valence electrons. The summed E-state index contributed by atoms with van der Waals surface area (Å²) in [7, 11) is 1.70. The molecule has 20 heavy (non-hydrogen) atoms. The number of methoxy groups -OCH3 is 1. The molecule has 0 aliphatic heterocycles. The Bertz CT molecular complexity index is 400. The molecule has 3 nitrogen and oxygen atoms in total. The summed E-state index contributed by atoms with van der Waals surface area (Å²) in [6, 6.07) is 8.16. The third-order valence-electron chi connectivity index (χ3n) is 4.14. The van der Waals surface area contributed by atoms with Crippen molar-refractivity contribution in [1.82, 2.24) is 5.32 Å². The Labute approximate surface area is 122 Å². The van der Waals surface area contributed by atoms with Crippen molar-refractivity contribution in [1.29, 1.82) is 0 Å². The van der Waals surface area contributed by atoms with E-state index < -0.39 is 0 Å². The maximum absolute atomic E-state index is 6.34. The van der Waals surface area contributed by atoms with Crippen molar-refractivity contribution >= 4 is 0 Å². The Morgan fingerprint density at radius 3 is 2.70 bits per heavy atom. The third kappa shape index (κ3) is 4.22. The molecular weight excluding hydrogens is 250 g/mol. The molecule has 0 spiro atoms. The molecule has 1 aromatic carbocycles. The van der Waals surface area contributed by atoms with Crippen molar-refractivity contribution in [2.45, 2.75) is 51.2 Å². The Kier molecular flexibility index (Phi) is 5.86. The summed E-state index contributed by atoms with van der Waals surface area (Å²) < 4.78 is 11.6. The first-order chi connectivity index (χ1) is 9.78. The molecule has 1 N–H and O–H groups in total. The summed E-state index contributed by atoms with van der Waals surface area (Å²) >= 11 is 0. The summed E-state index contributed by atoms with van der Waals surface area (Å²) in [5.41, 5.74) is 1.21. The van der Waals surface area contributed by atoms with Gasteiger partial charge in [-0.2, -0.15) is 0 Å². The lowest BCUT2D eigenvalue weighted by Crippen LogP contribution is -2.44. The van der Waals surface area contributed by atoms with Crippen LogP contribution >= 0.6 is 0 Å². The monoisotopic (exact) mass is 277 g/mol. The number of likely N-dealkylation sites (N-methyl/N-ethyl adjacent to an activating group) is 1. The van der Waals surface area contributed by atoms with Gasteiger partial charge in [-0.25, -0.2) is 0 Å². The summed E-state index contributed by atoms with van der Waals surface area (Å²) in [5.74, 6) is 0.899. The number of rotatable bonds is 7. The molecule has 1 aliphatic rings. The van der Waals surface area contributed by atoms with Crippen molar-refractivity contribution in [3.63, 3.8) is 0 Å². The van der Waals surface area contributed by atoms with Gasteiger partial charge in [-0.1, -0.05) is 38.3 Å². The van der Waals surface area contributed by atoms with E-state index in [1.54, 1.807) is 7.11 Å². The van der Waals surface area contributed by atoms with Gasteiger partial charge in [-0.05, 0) is 37.1 Å². The van der Waals surface area contributed by atoms with Gasteiger partial charge >= 0.3 is 0 Å². The van der Waals surface area contributed by atoms with Crippen molar-refractivity contribution in [3.05, 3.63) is 29.8 Å². The first-order valence-electron chi connectivity index (χ1n) is 7.75. The minimum absolute atomic E-state index is 0.0251. The molecule has 0 saturated heterocycles. The van der Waals surface area contributed by atoms with Gasteiger partial charge in [-0.15, -0.1) is 0 Å². The fraction of sp³-hybridized carbons (Fsp3) is 0.647. The van der Waals surface area contributed by atoms with Crippen LogP contribution in [0.5, 0.6) is 5.75 Å². The van der Waals surface area contributed by atoms with E-state index in [4.69, 9.17) is 9.47 Å². The molecule has 2 rings (SSSR count). The zero-order chi connectivity index (χ0) is 14.3. The van der Waals surface area contributed by atoms with Crippen LogP contribution in [0.2, 0.25) is 0 Å². The van der Waals surface area contributed by atoms with Gasteiger partial charge in [0, 0.05) is 6.54 Å². The largest absolute Gasteiger partial charge is 0.497 e. The molecule has 0 aromatic heterocycles. The average Bonchev–Trinajstić information content (AvgIpc) is 2.52. The molecule has 0 atom stereocenters. The number of nitrogens with one attached hydrogen (secondary N) is 1. The summed E-state index contributed by atoms with van der Waals surface area (Å²) in [5, 5.41) is 3.47. The normalized spacial score (nSPS) is 17.9. The zero-order valence-corrected chi connectivity index (χ0v) is 12.8. The van der Waals surface area contributed by atoms with E-state index in [-0.39, 0.29) is 5.60 Å². The fourth-order valence-corrected chi connectivity index (χ4v) is 2.92. The number of benzene rings is 1. The maximum Gasteiger partial charge on any atom is 0.119 e. The van der Waals surface area contributed by atoms with E-state index in [1.807, 2.05) is 12.1 Å². The quantitative estimate of drug-likeness (QED) is 0.827. The lowest BCUT2D eigenvalue weighted by Gasteiger charge is -2.37. The molecular formula is C17H27NO2. The van der Waals surface area contributed by atoms with Crippen molar-refractivity contribution in [2.24, 2.45) is 0 Å². The Morgan fingerprint density at radius 2 is 2.00 bits per heavy atom. The van der Waals surface area contributed by atoms with Crippen LogP contribution in [0, 0.1) is 0 Å². The van der Waals surface area contributed by atoms with Gasteiger partial charge in [0.1, 0.15) is 5.75 Å². The number of hydrogen-bond donors (Lipinski definition) is 1. The lowest BCUT2D eigenvalue weighted by molar-refractivity contribution is -0.0783. The van der Waals surface area contributed by atoms with Crippen LogP contribution in [0.4, 0.5) is 0 Å². The molecule has 0 bridgehead atoms. The summed E-state index contributed by atoms with van der Waals surface area (Å²) in [4.78, 5) is 0. The van der Waals surface area contributed by atoms with Crippen LogP contribution in [0.3, 0.4) is 0 Å². The van der Waals surface area contributed by atoms with E-state index in [9.17, 15) is 0 Å². The first-order valence-corrected chi connectivity index (χ1v) is 7.75. The smallest absolute Gasteiger partial charge is 0.119 e. The van der Waals surface area contributed by atoms with Gasteiger partial charge in [0.2, 0.25) is 0 Å². The molecule has 1 fully saturated rings.